The van der Waals surface area contributed by atoms with Crippen LogP contribution in [-0.4, -0.2) is 24.0 Å². The van der Waals surface area contributed by atoms with Crippen molar-refractivity contribution in [2.24, 2.45) is 7.05 Å². The van der Waals surface area contributed by atoms with Gasteiger partial charge in [-0.05, 0) is 19.1 Å². The Balaban J connectivity index is 2.59. The van der Waals surface area contributed by atoms with Crippen LogP contribution in [0.5, 0.6) is 11.5 Å². The van der Waals surface area contributed by atoms with E-state index in [2.05, 4.69) is 5.10 Å². The van der Waals surface area contributed by atoms with Gasteiger partial charge in [-0.3, -0.25) is 4.68 Å². The zero-order chi connectivity index (χ0) is 13.3. The Morgan fingerprint density at radius 1 is 1.11 bits per heavy atom. The van der Waals surface area contributed by atoms with Crippen molar-refractivity contribution < 1.29 is 9.47 Å². The van der Waals surface area contributed by atoms with E-state index in [1.807, 2.05) is 32.2 Å². The number of nitrogens with zero attached hydrogens (tertiary/aromatic N) is 2. The third-order valence-electron chi connectivity index (χ3n) is 2.96. The van der Waals surface area contributed by atoms with E-state index in [-0.39, 0.29) is 0 Å². The Hall–Kier alpha value is -2.17. The molecular weight excluding hydrogens is 230 g/mol. The highest BCUT2D eigenvalue weighted by atomic mass is 16.5. The van der Waals surface area contributed by atoms with Gasteiger partial charge in [-0.25, -0.2) is 0 Å². The average molecular weight is 247 g/mol. The number of anilines is 1. The molecular formula is C13H17N3O2. The molecule has 0 radical (unpaired) electrons. The predicted octanol–water partition coefficient (Wildman–Crippen LogP) is 1.99. The van der Waals surface area contributed by atoms with E-state index >= 15 is 0 Å². The number of benzene rings is 1. The Bertz CT molecular complexity index is 554. The number of hydrogen-bond donors (Lipinski definition) is 1. The van der Waals surface area contributed by atoms with E-state index in [4.69, 9.17) is 15.2 Å². The van der Waals surface area contributed by atoms with Gasteiger partial charge < -0.3 is 15.2 Å². The molecule has 1 aromatic carbocycles. The van der Waals surface area contributed by atoms with Crippen LogP contribution in [0.15, 0.2) is 18.2 Å². The summed E-state index contributed by atoms with van der Waals surface area (Å²) in [6.07, 6.45) is 0. The quantitative estimate of drug-likeness (QED) is 0.901. The first-order chi connectivity index (χ1) is 8.56. The number of aryl methyl sites for hydroxylation is 1. The van der Waals surface area contributed by atoms with Gasteiger partial charge in [0, 0.05) is 24.2 Å². The molecule has 0 aliphatic heterocycles. The molecule has 0 amide bonds. The molecule has 18 heavy (non-hydrogen) atoms. The second-order valence-corrected chi connectivity index (χ2v) is 4.08. The largest absolute Gasteiger partial charge is 0.497 e. The summed E-state index contributed by atoms with van der Waals surface area (Å²) in [5.74, 6) is 2.12. The van der Waals surface area contributed by atoms with Gasteiger partial charge in [0.05, 0.1) is 19.9 Å². The molecule has 2 N–H and O–H groups in total. The Morgan fingerprint density at radius 3 is 2.06 bits per heavy atom. The lowest BCUT2D eigenvalue weighted by molar-refractivity contribution is 0.394. The maximum absolute atomic E-state index is 5.92. The summed E-state index contributed by atoms with van der Waals surface area (Å²) in [6, 6.07) is 5.65. The number of hydrogen-bond acceptors (Lipinski definition) is 4. The molecule has 5 heteroatoms. The Morgan fingerprint density at radius 2 is 1.67 bits per heavy atom. The van der Waals surface area contributed by atoms with Gasteiger partial charge in [0.2, 0.25) is 0 Å². The molecule has 0 saturated carbocycles. The van der Waals surface area contributed by atoms with Gasteiger partial charge >= 0.3 is 0 Å². The highest BCUT2D eigenvalue weighted by molar-refractivity contribution is 5.70. The van der Waals surface area contributed by atoms with Gasteiger partial charge in [-0.1, -0.05) is 0 Å². The highest BCUT2D eigenvalue weighted by Gasteiger charge is 2.13. The van der Waals surface area contributed by atoms with Crippen molar-refractivity contribution in [3.8, 4) is 22.8 Å². The fraction of sp³-hybridized carbons (Fsp3) is 0.308. The first kappa shape index (κ1) is 12.3. The monoisotopic (exact) mass is 247 g/mol. The number of methoxy groups -OCH3 is 2. The molecule has 96 valence electrons. The number of aromatic nitrogens is 2. The van der Waals surface area contributed by atoms with Gasteiger partial charge in [0.1, 0.15) is 17.3 Å². The molecule has 0 spiro atoms. The van der Waals surface area contributed by atoms with Crippen LogP contribution in [0.1, 0.15) is 5.56 Å². The van der Waals surface area contributed by atoms with E-state index in [0.717, 1.165) is 28.3 Å². The standard InChI is InChI=1S/C13H17N3O2/c1-8-12(15-16(2)13(8)14)9-5-10(17-3)7-11(6-9)18-4/h5-7H,14H2,1-4H3. The Labute approximate surface area is 106 Å². The molecule has 0 fully saturated rings. The summed E-state index contributed by atoms with van der Waals surface area (Å²) < 4.78 is 12.2. The zero-order valence-corrected chi connectivity index (χ0v) is 11.0. The molecule has 0 aliphatic rings. The third kappa shape index (κ3) is 1.99. The van der Waals surface area contributed by atoms with E-state index in [1.165, 1.54) is 0 Å². The van der Waals surface area contributed by atoms with Crippen molar-refractivity contribution >= 4 is 5.82 Å². The summed E-state index contributed by atoms with van der Waals surface area (Å²) in [6.45, 7) is 1.95. The summed E-state index contributed by atoms with van der Waals surface area (Å²) in [5, 5.41) is 4.41. The van der Waals surface area contributed by atoms with Crippen molar-refractivity contribution in [3.05, 3.63) is 23.8 Å². The first-order valence-electron chi connectivity index (χ1n) is 5.59. The SMILES string of the molecule is COc1cc(OC)cc(-c2nn(C)c(N)c2C)c1. The van der Waals surface area contributed by atoms with E-state index < -0.39 is 0 Å². The molecule has 0 aliphatic carbocycles. The second-order valence-electron chi connectivity index (χ2n) is 4.08. The number of ether oxygens (including phenoxy) is 2. The minimum absolute atomic E-state index is 0.659. The maximum atomic E-state index is 5.92. The lowest BCUT2D eigenvalue weighted by atomic mass is 10.1. The summed E-state index contributed by atoms with van der Waals surface area (Å²) in [7, 11) is 5.07. The molecule has 0 atom stereocenters. The van der Waals surface area contributed by atoms with E-state index in [0.29, 0.717) is 5.82 Å². The van der Waals surface area contributed by atoms with Crippen LogP contribution in [-0.2, 0) is 7.05 Å². The van der Waals surface area contributed by atoms with E-state index in [1.54, 1.807) is 18.9 Å². The number of rotatable bonds is 3. The van der Waals surface area contributed by atoms with Crippen molar-refractivity contribution in [1.82, 2.24) is 9.78 Å². The van der Waals surface area contributed by atoms with Gasteiger partial charge in [-0.2, -0.15) is 5.10 Å². The molecule has 0 unspecified atom stereocenters. The Kier molecular flexibility index (Phi) is 3.14. The number of nitrogen functional groups attached to an aromatic ring is 1. The van der Waals surface area contributed by atoms with Gasteiger partial charge in [0.25, 0.3) is 0 Å². The predicted molar refractivity (Wildman–Crippen MR) is 70.9 cm³/mol. The fourth-order valence-corrected chi connectivity index (χ4v) is 1.86. The van der Waals surface area contributed by atoms with Crippen molar-refractivity contribution in [3.63, 3.8) is 0 Å². The van der Waals surface area contributed by atoms with Crippen LogP contribution in [0.25, 0.3) is 11.3 Å². The zero-order valence-electron chi connectivity index (χ0n) is 11.0. The third-order valence-corrected chi connectivity index (χ3v) is 2.96. The van der Waals surface area contributed by atoms with Gasteiger partial charge in [0.15, 0.2) is 0 Å². The second kappa shape index (κ2) is 4.60. The summed E-state index contributed by atoms with van der Waals surface area (Å²) in [5.41, 5.74) is 8.64. The van der Waals surface area contributed by atoms with Gasteiger partial charge in [-0.15, -0.1) is 0 Å². The maximum Gasteiger partial charge on any atom is 0.124 e. The normalized spacial score (nSPS) is 10.4. The molecule has 0 saturated heterocycles. The van der Waals surface area contributed by atoms with Crippen LogP contribution >= 0.6 is 0 Å². The van der Waals surface area contributed by atoms with Crippen LogP contribution in [0.3, 0.4) is 0 Å². The van der Waals surface area contributed by atoms with Crippen LogP contribution < -0.4 is 15.2 Å². The van der Waals surface area contributed by atoms with Crippen LogP contribution in [0.2, 0.25) is 0 Å². The minimum Gasteiger partial charge on any atom is -0.497 e. The van der Waals surface area contributed by atoms with Crippen LogP contribution in [0, 0.1) is 6.92 Å². The van der Waals surface area contributed by atoms with Crippen molar-refractivity contribution in [2.45, 2.75) is 6.92 Å². The van der Waals surface area contributed by atoms with Crippen molar-refractivity contribution in [2.75, 3.05) is 20.0 Å². The molecule has 2 rings (SSSR count). The lowest BCUT2D eigenvalue weighted by Crippen LogP contribution is -1.97. The highest BCUT2D eigenvalue weighted by Crippen LogP contribution is 2.32. The smallest absolute Gasteiger partial charge is 0.124 e. The summed E-state index contributed by atoms with van der Waals surface area (Å²) >= 11 is 0. The van der Waals surface area contributed by atoms with E-state index in [9.17, 15) is 0 Å². The first-order valence-corrected chi connectivity index (χ1v) is 5.59. The average Bonchev–Trinajstić information content (AvgIpc) is 2.65. The minimum atomic E-state index is 0.659. The lowest BCUT2D eigenvalue weighted by Gasteiger charge is -2.07. The van der Waals surface area contributed by atoms with Crippen molar-refractivity contribution in [1.29, 1.82) is 0 Å². The molecule has 1 heterocycles. The summed E-state index contributed by atoms with van der Waals surface area (Å²) in [4.78, 5) is 0. The molecule has 0 bridgehead atoms. The molecule has 2 aromatic rings. The van der Waals surface area contributed by atoms with Crippen LogP contribution in [0.4, 0.5) is 5.82 Å². The molecule has 5 nitrogen and oxygen atoms in total. The fourth-order valence-electron chi connectivity index (χ4n) is 1.86. The topological polar surface area (TPSA) is 62.3 Å². The molecule has 1 aromatic heterocycles. The number of nitrogens with two attached hydrogens (primary N) is 1.